The summed E-state index contributed by atoms with van der Waals surface area (Å²) in [5.41, 5.74) is 1.67. The van der Waals surface area contributed by atoms with E-state index in [4.69, 9.17) is 4.42 Å². The number of amides is 1. The highest BCUT2D eigenvalue weighted by molar-refractivity contribution is 7.98. The fraction of sp³-hybridized carbons (Fsp3) is 0.167. The first-order valence-corrected chi connectivity index (χ1v) is 10.8. The van der Waals surface area contributed by atoms with Crippen LogP contribution < -0.4 is 5.32 Å². The van der Waals surface area contributed by atoms with Crippen LogP contribution in [0.4, 0.5) is 6.01 Å². The number of anilines is 1. The van der Waals surface area contributed by atoms with Gasteiger partial charge in [0.05, 0.1) is 10.5 Å². The van der Waals surface area contributed by atoms with E-state index >= 15 is 0 Å². The van der Waals surface area contributed by atoms with Gasteiger partial charge in [0.25, 0.3) is 5.89 Å². The van der Waals surface area contributed by atoms with Crippen molar-refractivity contribution in [3.8, 4) is 11.5 Å². The van der Waals surface area contributed by atoms with Gasteiger partial charge in [-0.3, -0.25) is 10.1 Å². The SMILES string of the molecule is CSc1ccccc1-c1nnc(NC(=O)CS(=O)(=O)c2ccc(C)cc2)o1. The largest absolute Gasteiger partial charge is 0.403 e. The molecule has 0 aliphatic rings. The summed E-state index contributed by atoms with van der Waals surface area (Å²) in [4.78, 5) is 13.1. The molecular weight excluding hydrogens is 386 g/mol. The van der Waals surface area contributed by atoms with E-state index in [2.05, 4.69) is 15.5 Å². The number of hydrogen-bond donors (Lipinski definition) is 1. The predicted molar refractivity (Wildman–Crippen MR) is 103 cm³/mol. The smallest absolute Gasteiger partial charge is 0.322 e. The summed E-state index contributed by atoms with van der Waals surface area (Å²) in [6.07, 6.45) is 1.92. The van der Waals surface area contributed by atoms with Crippen LogP contribution in [-0.2, 0) is 14.6 Å². The van der Waals surface area contributed by atoms with Gasteiger partial charge in [0.2, 0.25) is 5.91 Å². The number of carbonyl (C=O) groups excluding carboxylic acids is 1. The van der Waals surface area contributed by atoms with Crippen LogP contribution in [0, 0.1) is 6.92 Å². The molecule has 0 unspecified atom stereocenters. The zero-order valence-electron chi connectivity index (χ0n) is 14.7. The normalized spacial score (nSPS) is 11.3. The Kier molecular flexibility index (Phi) is 5.62. The molecule has 1 N–H and O–H groups in total. The van der Waals surface area contributed by atoms with E-state index in [9.17, 15) is 13.2 Å². The van der Waals surface area contributed by atoms with E-state index < -0.39 is 21.5 Å². The summed E-state index contributed by atoms with van der Waals surface area (Å²) in [5.74, 6) is -1.21. The van der Waals surface area contributed by atoms with Crippen LogP contribution in [0.25, 0.3) is 11.5 Å². The first kappa shape index (κ1) is 19.1. The van der Waals surface area contributed by atoms with Gasteiger partial charge < -0.3 is 4.42 Å². The zero-order valence-corrected chi connectivity index (χ0v) is 16.3. The number of nitrogens with one attached hydrogen (secondary N) is 1. The van der Waals surface area contributed by atoms with Gasteiger partial charge in [0.15, 0.2) is 9.84 Å². The second-order valence-corrected chi connectivity index (χ2v) is 8.57. The fourth-order valence-corrected chi connectivity index (χ4v) is 4.09. The Hall–Kier alpha value is -2.65. The van der Waals surface area contributed by atoms with Crippen molar-refractivity contribution in [3.05, 3.63) is 54.1 Å². The Morgan fingerprint density at radius 3 is 2.52 bits per heavy atom. The molecule has 1 aromatic heterocycles. The predicted octanol–water partition coefficient (Wildman–Crippen LogP) is 3.18. The molecule has 27 heavy (non-hydrogen) atoms. The average molecular weight is 403 g/mol. The van der Waals surface area contributed by atoms with E-state index in [1.54, 1.807) is 12.1 Å². The molecule has 7 nitrogen and oxygen atoms in total. The van der Waals surface area contributed by atoms with Crippen LogP contribution in [0.5, 0.6) is 0 Å². The van der Waals surface area contributed by atoms with Crippen LogP contribution in [0.3, 0.4) is 0 Å². The third-order valence-corrected chi connectivity index (χ3v) is 6.14. The number of hydrogen-bond acceptors (Lipinski definition) is 7. The summed E-state index contributed by atoms with van der Waals surface area (Å²) in [6, 6.07) is 13.6. The molecule has 140 valence electrons. The van der Waals surface area contributed by atoms with Gasteiger partial charge in [-0.25, -0.2) is 8.42 Å². The van der Waals surface area contributed by atoms with Crippen molar-refractivity contribution in [2.24, 2.45) is 0 Å². The second kappa shape index (κ2) is 7.93. The molecule has 0 bridgehead atoms. The van der Waals surface area contributed by atoms with Crippen molar-refractivity contribution in [1.29, 1.82) is 0 Å². The number of carbonyl (C=O) groups is 1. The summed E-state index contributed by atoms with van der Waals surface area (Å²) in [6.45, 7) is 1.85. The minimum absolute atomic E-state index is 0.0865. The van der Waals surface area contributed by atoms with Crippen molar-refractivity contribution < 1.29 is 17.6 Å². The number of aryl methyl sites for hydroxylation is 1. The minimum Gasteiger partial charge on any atom is -0.403 e. The molecule has 0 aliphatic heterocycles. The molecule has 1 amide bonds. The first-order valence-electron chi connectivity index (χ1n) is 7.95. The topological polar surface area (TPSA) is 102 Å². The molecule has 0 spiro atoms. The average Bonchev–Trinajstić information content (AvgIpc) is 3.09. The minimum atomic E-state index is -3.76. The van der Waals surface area contributed by atoms with Gasteiger partial charge in [-0.05, 0) is 37.4 Å². The lowest BCUT2D eigenvalue weighted by Crippen LogP contribution is -2.23. The summed E-state index contributed by atoms with van der Waals surface area (Å²) in [7, 11) is -3.76. The van der Waals surface area contributed by atoms with Crippen LogP contribution in [0.1, 0.15) is 5.56 Å². The monoisotopic (exact) mass is 403 g/mol. The molecule has 0 radical (unpaired) electrons. The number of aromatic nitrogens is 2. The Balaban J connectivity index is 1.72. The Morgan fingerprint density at radius 2 is 1.81 bits per heavy atom. The van der Waals surface area contributed by atoms with Crippen molar-refractivity contribution in [2.45, 2.75) is 16.7 Å². The van der Waals surface area contributed by atoms with Crippen LogP contribution >= 0.6 is 11.8 Å². The van der Waals surface area contributed by atoms with Crippen molar-refractivity contribution in [3.63, 3.8) is 0 Å². The number of benzene rings is 2. The first-order chi connectivity index (χ1) is 12.9. The maximum Gasteiger partial charge on any atom is 0.322 e. The lowest BCUT2D eigenvalue weighted by molar-refractivity contribution is -0.114. The molecule has 2 aromatic carbocycles. The summed E-state index contributed by atoms with van der Waals surface area (Å²) in [5, 5.41) is 10.0. The number of sulfone groups is 1. The Bertz CT molecular complexity index is 1060. The van der Waals surface area contributed by atoms with Crippen LogP contribution in [0.2, 0.25) is 0 Å². The van der Waals surface area contributed by atoms with Crippen molar-refractivity contribution >= 4 is 33.5 Å². The van der Waals surface area contributed by atoms with Gasteiger partial charge in [-0.1, -0.05) is 34.9 Å². The highest BCUT2D eigenvalue weighted by Crippen LogP contribution is 2.29. The highest BCUT2D eigenvalue weighted by Gasteiger charge is 2.21. The second-order valence-electron chi connectivity index (χ2n) is 5.73. The third kappa shape index (κ3) is 4.55. The maximum atomic E-state index is 12.3. The number of nitrogens with zero attached hydrogens (tertiary/aromatic N) is 2. The summed E-state index contributed by atoms with van der Waals surface area (Å²) >= 11 is 1.53. The van der Waals surface area contributed by atoms with E-state index in [0.717, 1.165) is 16.0 Å². The van der Waals surface area contributed by atoms with E-state index in [-0.39, 0.29) is 16.8 Å². The molecule has 0 fully saturated rings. The van der Waals surface area contributed by atoms with E-state index in [0.29, 0.717) is 0 Å². The van der Waals surface area contributed by atoms with Gasteiger partial charge >= 0.3 is 6.01 Å². The van der Waals surface area contributed by atoms with Crippen LogP contribution in [0.15, 0.2) is 62.7 Å². The quantitative estimate of drug-likeness (QED) is 0.631. The lowest BCUT2D eigenvalue weighted by Gasteiger charge is -2.04. The van der Waals surface area contributed by atoms with Crippen molar-refractivity contribution in [2.75, 3.05) is 17.3 Å². The molecule has 0 saturated carbocycles. The molecule has 1 heterocycles. The lowest BCUT2D eigenvalue weighted by atomic mass is 10.2. The van der Waals surface area contributed by atoms with Gasteiger partial charge in [0, 0.05) is 4.90 Å². The Morgan fingerprint density at radius 1 is 1.11 bits per heavy atom. The fourth-order valence-electron chi connectivity index (χ4n) is 2.36. The molecule has 3 rings (SSSR count). The zero-order chi connectivity index (χ0) is 19.4. The molecule has 0 aliphatic carbocycles. The highest BCUT2D eigenvalue weighted by atomic mass is 32.2. The van der Waals surface area contributed by atoms with E-state index in [1.165, 1.54) is 23.9 Å². The molecule has 0 saturated heterocycles. The molecule has 3 aromatic rings. The maximum absolute atomic E-state index is 12.3. The van der Waals surface area contributed by atoms with Gasteiger partial charge in [0.1, 0.15) is 5.75 Å². The van der Waals surface area contributed by atoms with E-state index in [1.807, 2.05) is 37.4 Å². The van der Waals surface area contributed by atoms with Crippen LogP contribution in [-0.4, -0.2) is 36.5 Å². The molecular formula is C18H17N3O4S2. The molecule has 0 atom stereocenters. The molecule has 9 heteroatoms. The van der Waals surface area contributed by atoms with Crippen molar-refractivity contribution in [1.82, 2.24) is 10.2 Å². The number of rotatable bonds is 6. The number of thioether (sulfide) groups is 1. The van der Waals surface area contributed by atoms with Gasteiger partial charge in [-0.2, -0.15) is 0 Å². The Labute approximate surface area is 161 Å². The third-order valence-electron chi connectivity index (χ3n) is 3.71. The van der Waals surface area contributed by atoms with Gasteiger partial charge in [-0.15, -0.1) is 16.9 Å². The summed E-state index contributed by atoms with van der Waals surface area (Å²) < 4.78 is 30.1. The standard InChI is InChI=1S/C18H17N3O4S2/c1-12-7-9-13(10-8-12)27(23,24)11-16(22)19-18-21-20-17(25-18)14-5-3-4-6-15(14)26-2/h3-10H,11H2,1-2H3,(H,19,21,22).